The van der Waals surface area contributed by atoms with Crippen LogP contribution in [0.1, 0.15) is 15.9 Å². The van der Waals surface area contributed by atoms with Crippen LogP contribution < -0.4 is 10.1 Å². The molecule has 1 aliphatic rings. The van der Waals surface area contributed by atoms with Gasteiger partial charge in [0.05, 0.1) is 5.56 Å². The highest BCUT2D eigenvalue weighted by Gasteiger charge is 2.29. The van der Waals surface area contributed by atoms with E-state index in [1.54, 1.807) is 5.38 Å². The number of carboxylic acids is 1. The van der Waals surface area contributed by atoms with E-state index >= 15 is 0 Å². The zero-order valence-corrected chi connectivity index (χ0v) is 11.1. The van der Waals surface area contributed by atoms with E-state index in [4.69, 9.17) is 9.84 Å². The van der Waals surface area contributed by atoms with Gasteiger partial charge in [-0.2, -0.15) is 0 Å². The predicted octanol–water partition coefficient (Wildman–Crippen LogP) is 2.39. The molecule has 2 heterocycles. The molecule has 1 aromatic heterocycles. The number of hydrogen-bond acceptors (Lipinski definition) is 4. The first-order chi connectivity index (χ1) is 9.65. The zero-order valence-electron chi connectivity index (χ0n) is 10.3. The molecule has 20 heavy (non-hydrogen) atoms. The minimum absolute atomic E-state index is 0.0962. The van der Waals surface area contributed by atoms with E-state index in [2.05, 4.69) is 5.32 Å². The lowest BCUT2D eigenvalue weighted by molar-refractivity contribution is -0.122. The summed E-state index contributed by atoms with van der Waals surface area (Å²) in [6, 6.07) is 8.94. The van der Waals surface area contributed by atoms with Crippen molar-refractivity contribution in [3.05, 3.63) is 46.8 Å². The number of carbonyl (C=O) groups is 2. The van der Waals surface area contributed by atoms with Crippen LogP contribution in [0, 0.1) is 0 Å². The monoisotopic (exact) mass is 289 g/mol. The summed E-state index contributed by atoms with van der Waals surface area (Å²) in [5, 5.41) is 13.6. The molecule has 0 spiro atoms. The number of nitrogens with one attached hydrogen (secondary N) is 1. The van der Waals surface area contributed by atoms with E-state index in [-0.39, 0.29) is 11.5 Å². The summed E-state index contributed by atoms with van der Waals surface area (Å²) in [4.78, 5) is 23.1. The number of ether oxygens (including phenoxy) is 1. The van der Waals surface area contributed by atoms with Gasteiger partial charge in [0.25, 0.3) is 5.91 Å². The third-order valence-corrected chi connectivity index (χ3v) is 3.90. The number of carboxylic acid groups (broad SMARTS) is 1. The molecule has 2 N–H and O–H groups in total. The van der Waals surface area contributed by atoms with Gasteiger partial charge in [0.2, 0.25) is 0 Å². The Bertz CT molecular complexity index is 654. The maximum Gasteiger partial charge on any atom is 0.338 e. The molecule has 3 rings (SSSR count). The molecule has 1 aliphatic heterocycles. The smallest absolute Gasteiger partial charge is 0.338 e. The average Bonchev–Trinajstić information content (AvgIpc) is 3.03. The maximum absolute atomic E-state index is 12.1. The lowest BCUT2D eigenvalue weighted by Crippen LogP contribution is -2.31. The summed E-state index contributed by atoms with van der Waals surface area (Å²) < 4.78 is 5.56. The molecule has 1 atom stereocenters. The van der Waals surface area contributed by atoms with Crippen LogP contribution in [0.3, 0.4) is 0 Å². The minimum atomic E-state index is -1.06. The van der Waals surface area contributed by atoms with Crippen molar-refractivity contribution in [2.45, 2.75) is 12.5 Å². The van der Waals surface area contributed by atoms with Crippen LogP contribution in [-0.2, 0) is 11.2 Å². The summed E-state index contributed by atoms with van der Waals surface area (Å²) in [5.74, 6) is -0.680. The van der Waals surface area contributed by atoms with Crippen LogP contribution in [0.15, 0.2) is 35.7 Å². The van der Waals surface area contributed by atoms with Crippen LogP contribution >= 0.6 is 11.3 Å². The highest BCUT2D eigenvalue weighted by atomic mass is 32.1. The van der Waals surface area contributed by atoms with Gasteiger partial charge < -0.3 is 15.2 Å². The van der Waals surface area contributed by atoms with Gasteiger partial charge in [-0.1, -0.05) is 18.2 Å². The number of hydrogen-bond donors (Lipinski definition) is 2. The topological polar surface area (TPSA) is 75.6 Å². The number of thiophene rings is 1. The Morgan fingerprint density at radius 3 is 2.85 bits per heavy atom. The van der Waals surface area contributed by atoms with Gasteiger partial charge in [0, 0.05) is 6.42 Å². The van der Waals surface area contributed by atoms with Crippen molar-refractivity contribution in [1.82, 2.24) is 0 Å². The lowest BCUT2D eigenvalue weighted by atomic mass is 10.1. The third-order valence-electron chi connectivity index (χ3n) is 3.07. The molecule has 2 aromatic rings. The van der Waals surface area contributed by atoms with E-state index in [0.29, 0.717) is 17.2 Å². The van der Waals surface area contributed by atoms with Crippen molar-refractivity contribution in [3.8, 4) is 5.75 Å². The summed E-state index contributed by atoms with van der Waals surface area (Å²) in [6.07, 6.45) is -0.119. The Labute approximate surface area is 118 Å². The normalized spacial score (nSPS) is 16.3. The van der Waals surface area contributed by atoms with Gasteiger partial charge in [0.15, 0.2) is 6.10 Å². The van der Waals surface area contributed by atoms with Crippen molar-refractivity contribution in [3.63, 3.8) is 0 Å². The first-order valence-electron chi connectivity index (χ1n) is 6.01. The SMILES string of the molecule is O=C(O)c1ccsc1NC(=O)C1Cc2ccccc2O1. The van der Waals surface area contributed by atoms with Crippen LogP contribution in [0.25, 0.3) is 0 Å². The summed E-state index contributed by atoms with van der Waals surface area (Å²) in [7, 11) is 0. The highest BCUT2D eigenvalue weighted by Crippen LogP contribution is 2.30. The number of aromatic carboxylic acids is 1. The standard InChI is InChI=1S/C14H11NO4S/c16-12(15-13-9(14(17)18)5-6-20-13)11-7-8-3-1-2-4-10(8)19-11/h1-6,11H,7H2,(H,15,16)(H,17,18). The second-order valence-electron chi connectivity index (χ2n) is 4.38. The second-order valence-corrected chi connectivity index (χ2v) is 5.29. The second kappa shape index (κ2) is 4.97. The fourth-order valence-corrected chi connectivity index (χ4v) is 2.88. The Hall–Kier alpha value is -2.34. The van der Waals surface area contributed by atoms with Gasteiger partial charge in [-0.25, -0.2) is 4.79 Å². The molecule has 1 amide bonds. The number of para-hydroxylation sites is 1. The Morgan fingerprint density at radius 1 is 1.30 bits per heavy atom. The summed E-state index contributed by atoms with van der Waals surface area (Å²) in [5.41, 5.74) is 1.08. The van der Waals surface area contributed by atoms with Crippen molar-refractivity contribution in [2.24, 2.45) is 0 Å². The summed E-state index contributed by atoms with van der Waals surface area (Å²) in [6.45, 7) is 0. The van der Waals surface area contributed by atoms with Crippen LogP contribution in [0.4, 0.5) is 5.00 Å². The Kier molecular flexibility index (Phi) is 3.15. The van der Waals surface area contributed by atoms with Crippen molar-refractivity contribution in [2.75, 3.05) is 5.32 Å². The Morgan fingerprint density at radius 2 is 2.10 bits per heavy atom. The van der Waals surface area contributed by atoms with Gasteiger partial charge in [-0.05, 0) is 23.1 Å². The van der Waals surface area contributed by atoms with Gasteiger partial charge in [-0.3, -0.25) is 4.79 Å². The number of fused-ring (bicyclic) bond motifs is 1. The molecule has 1 unspecified atom stereocenters. The van der Waals surface area contributed by atoms with Crippen LogP contribution in [0.2, 0.25) is 0 Å². The quantitative estimate of drug-likeness (QED) is 0.909. The molecule has 6 heteroatoms. The number of amides is 1. The Balaban J connectivity index is 1.73. The van der Waals surface area contributed by atoms with Gasteiger partial charge in [0.1, 0.15) is 10.8 Å². The van der Waals surface area contributed by atoms with E-state index in [9.17, 15) is 9.59 Å². The zero-order chi connectivity index (χ0) is 14.1. The van der Waals surface area contributed by atoms with E-state index in [0.717, 1.165) is 5.56 Å². The molecular weight excluding hydrogens is 278 g/mol. The minimum Gasteiger partial charge on any atom is -0.480 e. The maximum atomic E-state index is 12.1. The highest BCUT2D eigenvalue weighted by molar-refractivity contribution is 7.14. The molecule has 5 nitrogen and oxygen atoms in total. The number of rotatable bonds is 3. The third kappa shape index (κ3) is 2.25. The first-order valence-corrected chi connectivity index (χ1v) is 6.89. The van der Waals surface area contributed by atoms with Gasteiger partial charge >= 0.3 is 5.97 Å². The van der Waals surface area contributed by atoms with Crippen molar-refractivity contribution >= 4 is 28.2 Å². The number of benzene rings is 1. The first kappa shape index (κ1) is 12.7. The largest absolute Gasteiger partial charge is 0.480 e. The van der Waals surface area contributed by atoms with E-state index < -0.39 is 12.1 Å². The molecule has 0 radical (unpaired) electrons. The lowest BCUT2D eigenvalue weighted by Gasteiger charge is -2.10. The molecule has 1 aromatic carbocycles. The van der Waals surface area contributed by atoms with E-state index in [1.807, 2.05) is 24.3 Å². The summed E-state index contributed by atoms with van der Waals surface area (Å²) >= 11 is 1.18. The fourth-order valence-electron chi connectivity index (χ4n) is 2.10. The molecule has 0 saturated heterocycles. The van der Waals surface area contributed by atoms with Crippen molar-refractivity contribution in [1.29, 1.82) is 0 Å². The average molecular weight is 289 g/mol. The molecule has 102 valence electrons. The molecule has 0 aliphatic carbocycles. The molecular formula is C14H11NO4S. The predicted molar refractivity (Wildman–Crippen MR) is 74.5 cm³/mol. The van der Waals surface area contributed by atoms with Gasteiger partial charge in [-0.15, -0.1) is 11.3 Å². The number of anilines is 1. The van der Waals surface area contributed by atoms with E-state index in [1.165, 1.54) is 17.4 Å². The fraction of sp³-hybridized carbons (Fsp3) is 0.143. The van der Waals surface area contributed by atoms with Crippen LogP contribution in [-0.4, -0.2) is 23.1 Å². The molecule has 0 fully saturated rings. The number of carbonyl (C=O) groups excluding carboxylic acids is 1. The van der Waals surface area contributed by atoms with Crippen molar-refractivity contribution < 1.29 is 19.4 Å². The molecule has 0 bridgehead atoms. The molecule has 0 saturated carbocycles. The van der Waals surface area contributed by atoms with Crippen LogP contribution in [0.5, 0.6) is 5.75 Å².